The molecule has 1 aromatic rings. The van der Waals surface area contributed by atoms with E-state index in [-0.39, 0.29) is 5.54 Å². The third kappa shape index (κ3) is 1.84. The molecule has 0 heterocycles. The fourth-order valence-corrected chi connectivity index (χ4v) is 2.30. The first-order chi connectivity index (χ1) is 7.07. The third-order valence-corrected chi connectivity index (χ3v) is 3.47. The Labute approximate surface area is 95.4 Å². The van der Waals surface area contributed by atoms with E-state index in [2.05, 4.69) is 6.92 Å². The fourth-order valence-electron chi connectivity index (χ4n) is 2.04. The molecule has 0 saturated heterocycles. The summed E-state index contributed by atoms with van der Waals surface area (Å²) in [5.41, 5.74) is 7.04. The molecule has 1 aliphatic rings. The van der Waals surface area contributed by atoms with Gasteiger partial charge in [0.05, 0.1) is 12.1 Å². The number of halogens is 1. The Balaban J connectivity index is 2.46. The minimum absolute atomic E-state index is 0.323. The molecule has 2 rings (SSSR count). The molecule has 15 heavy (non-hydrogen) atoms. The quantitative estimate of drug-likeness (QED) is 0.859. The van der Waals surface area contributed by atoms with Crippen molar-refractivity contribution >= 4 is 11.6 Å². The molecule has 2 N–H and O–H groups in total. The van der Waals surface area contributed by atoms with Crippen molar-refractivity contribution in [2.45, 2.75) is 25.3 Å². The monoisotopic (exact) mass is 225 g/mol. The van der Waals surface area contributed by atoms with Crippen LogP contribution in [0.1, 0.15) is 25.3 Å². The highest BCUT2D eigenvalue weighted by Crippen LogP contribution is 2.47. The lowest BCUT2D eigenvalue weighted by Gasteiger charge is -2.27. The first-order valence-electron chi connectivity index (χ1n) is 5.19. The number of hydrogen-bond donors (Lipinski definition) is 1. The summed E-state index contributed by atoms with van der Waals surface area (Å²) in [7, 11) is 1.63. The molecule has 0 aliphatic heterocycles. The van der Waals surface area contributed by atoms with Crippen LogP contribution in [0.15, 0.2) is 18.2 Å². The van der Waals surface area contributed by atoms with E-state index in [0.29, 0.717) is 10.9 Å². The van der Waals surface area contributed by atoms with Crippen molar-refractivity contribution in [1.29, 1.82) is 0 Å². The van der Waals surface area contributed by atoms with Crippen LogP contribution in [-0.4, -0.2) is 7.11 Å². The van der Waals surface area contributed by atoms with E-state index in [1.54, 1.807) is 7.11 Å². The van der Waals surface area contributed by atoms with Gasteiger partial charge in [0, 0.05) is 11.1 Å². The molecular formula is C12H16ClNO. The molecular weight excluding hydrogens is 210 g/mol. The Hall–Kier alpha value is -0.730. The summed E-state index contributed by atoms with van der Waals surface area (Å²) < 4.78 is 5.33. The van der Waals surface area contributed by atoms with Gasteiger partial charge in [-0.05, 0) is 31.7 Å². The highest BCUT2D eigenvalue weighted by molar-refractivity contribution is 6.32. The Bertz CT molecular complexity index is 372. The molecule has 1 atom stereocenters. The number of nitrogens with two attached hydrogens (primary N) is 1. The van der Waals surface area contributed by atoms with Gasteiger partial charge in [-0.1, -0.05) is 23.7 Å². The van der Waals surface area contributed by atoms with Gasteiger partial charge >= 0.3 is 0 Å². The maximum Gasteiger partial charge on any atom is 0.142 e. The molecule has 82 valence electrons. The smallest absolute Gasteiger partial charge is 0.142 e. The van der Waals surface area contributed by atoms with Crippen LogP contribution in [0.2, 0.25) is 5.02 Å². The first-order valence-corrected chi connectivity index (χ1v) is 5.57. The fraction of sp³-hybridized carbons (Fsp3) is 0.500. The van der Waals surface area contributed by atoms with E-state index < -0.39 is 0 Å². The van der Waals surface area contributed by atoms with Gasteiger partial charge in [0.2, 0.25) is 0 Å². The van der Waals surface area contributed by atoms with Gasteiger partial charge in [0.25, 0.3) is 0 Å². The van der Waals surface area contributed by atoms with Crippen LogP contribution >= 0.6 is 11.6 Å². The number of para-hydroxylation sites is 1. The number of methoxy groups -OCH3 is 1. The predicted molar refractivity (Wildman–Crippen MR) is 62.3 cm³/mol. The topological polar surface area (TPSA) is 35.2 Å². The Morgan fingerprint density at radius 1 is 1.47 bits per heavy atom. The normalized spacial score (nSPS) is 19.7. The molecule has 0 bridgehead atoms. The number of benzene rings is 1. The molecule has 0 amide bonds. The van der Waals surface area contributed by atoms with Gasteiger partial charge in [-0.3, -0.25) is 0 Å². The SMILES string of the molecule is COc1c(Cl)cccc1C(C)(N)C1CC1. The molecule has 0 radical (unpaired) electrons. The van der Waals surface area contributed by atoms with Gasteiger partial charge in [0.15, 0.2) is 0 Å². The highest BCUT2D eigenvalue weighted by Gasteiger charge is 2.41. The van der Waals surface area contributed by atoms with Crippen LogP contribution in [0, 0.1) is 5.92 Å². The highest BCUT2D eigenvalue weighted by atomic mass is 35.5. The molecule has 0 aromatic heterocycles. The third-order valence-electron chi connectivity index (χ3n) is 3.18. The maximum absolute atomic E-state index is 6.35. The van der Waals surface area contributed by atoms with Crippen molar-refractivity contribution < 1.29 is 4.74 Å². The first kappa shape index (κ1) is 10.8. The van der Waals surface area contributed by atoms with E-state index in [0.717, 1.165) is 11.3 Å². The van der Waals surface area contributed by atoms with E-state index in [4.69, 9.17) is 22.1 Å². The number of hydrogen-bond acceptors (Lipinski definition) is 2. The van der Waals surface area contributed by atoms with E-state index in [9.17, 15) is 0 Å². The average molecular weight is 226 g/mol. The van der Waals surface area contributed by atoms with Crippen LogP contribution < -0.4 is 10.5 Å². The summed E-state index contributed by atoms with van der Waals surface area (Å²) in [6, 6.07) is 5.75. The lowest BCUT2D eigenvalue weighted by atomic mass is 9.87. The summed E-state index contributed by atoms with van der Waals surface area (Å²) >= 11 is 6.08. The molecule has 1 aliphatic carbocycles. The Kier molecular flexibility index (Phi) is 2.65. The zero-order chi connectivity index (χ0) is 11.1. The largest absolute Gasteiger partial charge is 0.495 e. The van der Waals surface area contributed by atoms with Crippen molar-refractivity contribution in [3.8, 4) is 5.75 Å². The van der Waals surface area contributed by atoms with Gasteiger partial charge in [-0.25, -0.2) is 0 Å². The maximum atomic E-state index is 6.35. The summed E-state index contributed by atoms with van der Waals surface area (Å²) in [4.78, 5) is 0. The average Bonchev–Trinajstić information content (AvgIpc) is 3.00. The van der Waals surface area contributed by atoms with Gasteiger partial charge in [-0.15, -0.1) is 0 Å². The van der Waals surface area contributed by atoms with Crippen molar-refractivity contribution in [1.82, 2.24) is 0 Å². The van der Waals surface area contributed by atoms with Crippen molar-refractivity contribution in [2.24, 2.45) is 11.7 Å². The molecule has 1 unspecified atom stereocenters. The second-order valence-corrected chi connectivity index (χ2v) is 4.78. The second-order valence-electron chi connectivity index (χ2n) is 4.38. The van der Waals surface area contributed by atoms with Gasteiger partial charge in [0.1, 0.15) is 5.75 Å². The second kappa shape index (κ2) is 3.69. The van der Waals surface area contributed by atoms with Crippen LogP contribution in [0.5, 0.6) is 5.75 Å². The van der Waals surface area contributed by atoms with Crippen LogP contribution in [0.4, 0.5) is 0 Å². The number of ether oxygens (including phenoxy) is 1. The molecule has 1 fully saturated rings. The summed E-state index contributed by atoms with van der Waals surface area (Å²) in [6.45, 7) is 2.05. The molecule has 3 heteroatoms. The zero-order valence-electron chi connectivity index (χ0n) is 9.09. The van der Waals surface area contributed by atoms with Crippen LogP contribution in [-0.2, 0) is 5.54 Å². The van der Waals surface area contributed by atoms with Crippen LogP contribution in [0.25, 0.3) is 0 Å². The summed E-state index contributed by atoms with van der Waals surface area (Å²) in [5.74, 6) is 1.28. The summed E-state index contributed by atoms with van der Waals surface area (Å²) in [5, 5.41) is 0.632. The van der Waals surface area contributed by atoms with E-state index >= 15 is 0 Å². The molecule has 2 nitrogen and oxygen atoms in total. The summed E-state index contributed by atoms with van der Waals surface area (Å²) in [6.07, 6.45) is 2.39. The standard InChI is InChI=1S/C12H16ClNO/c1-12(14,8-6-7-8)9-4-3-5-10(13)11(9)15-2/h3-5,8H,6-7,14H2,1-2H3. The minimum Gasteiger partial charge on any atom is -0.495 e. The van der Waals surface area contributed by atoms with Crippen molar-refractivity contribution in [2.75, 3.05) is 7.11 Å². The number of rotatable bonds is 3. The van der Waals surface area contributed by atoms with E-state index in [1.807, 2.05) is 18.2 Å². The Morgan fingerprint density at radius 3 is 2.67 bits per heavy atom. The lowest BCUT2D eigenvalue weighted by Crippen LogP contribution is -2.35. The van der Waals surface area contributed by atoms with E-state index in [1.165, 1.54) is 12.8 Å². The van der Waals surface area contributed by atoms with Crippen molar-refractivity contribution in [3.63, 3.8) is 0 Å². The van der Waals surface area contributed by atoms with Crippen LogP contribution in [0.3, 0.4) is 0 Å². The zero-order valence-corrected chi connectivity index (χ0v) is 9.84. The van der Waals surface area contributed by atoms with Crippen molar-refractivity contribution in [3.05, 3.63) is 28.8 Å². The Morgan fingerprint density at radius 2 is 2.13 bits per heavy atom. The molecule has 1 aromatic carbocycles. The van der Waals surface area contributed by atoms with Gasteiger partial charge in [-0.2, -0.15) is 0 Å². The lowest BCUT2D eigenvalue weighted by molar-refractivity contribution is 0.368. The molecule has 1 saturated carbocycles. The molecule has 0 spiro atoms. The van der Waals surface area contributed by atoms with Gasteiger partial charge < -0.3 is 10.5 Å². The predicted octanol–water partition coefficient (Wildman–Crippen LogP) is 2.93. The minimum atomic E-state index is -0.323.